The van der Waals surface area contributed by atoms with E-state index in [9.17, 15) is 4.79 Å². The molecule has 0 saturated carbocycles. The number of carbonyl (C=O) groups is 1. The number of benzene rings is 1. The van der Waals surface area contributed by atoms with Gasteiger partial charge in [-0.3, -0.25) is 0 Å². The molecule has 1 amide bonds. The summed E-state index contributed by atoms with van der Waals surface area (Å²) in [6.07, 6.45) is 3.06. The number of hydrogen-bond donors (Lipinski definition) is 0. The number of amides is 1. The van der Waals surface area contributed by atoms with Crippen molar-refractivity contribution in [1.29, 1.82) is 0 Å². The summed E-state index contributed by atoms with van der Waals surface area (Å²) >= 11 is 0. The number of ether oxygens (including phenoxy) is 1. The topological polar surface area (TPSA) is 34.5 Å². The van der Waals surface area contributed by atoms with Crippen molar-refractivity contribution in [3.8, 4) is 0 Å². The number of rotatable bonds is 2. The van der Waals surface area contributed by atoms with E-state index >= 15 is 0 Å². The number of likely N-dealkylation sites (tertiary alicyclic amines) is 1. The molecule has 1 unspecified atom stereocenters. The van der Waals surface area contributed by atoms with Crippen LogP contribution in [0.15, 0.2) is 30.5 Å². The highest BCUT2D eigenvalue weighted by molar-refractivity contribution is 5.84. The molecule has 0 aliphatic carbocycles. The summed E-state index contributed by atoms with van der Waals surface area (Å²) < 4.78 is 7.79. The maximum Gasteiger partial charge on any atom is 0.410 e. The summed E-state index contributed by atoms with van der Waals surface area (Å²) in [6.45, 7) is 10.4. The van der Waals surface area contributed by atoms with Crippen molar-refractivity contribution in [2.24, 2.45) is 0 Å². The Morgan fingerprint density at radius 1 is 1.30 bits per heavy atom. The van der Waals surface area contributed by atoms with Gasteiger partial charge >= 0.3 is 6.09 Å². The lowest BCUT2D eigenvalue weighted by molar-refractivity contribution is 0.0292. The smallest absolute Gasteiger partial charge is 0.410 e. The van der Waals surface area contributed by atoms with Gasteiger partial charge in [0.05, 0.1) is 0 Å². The number of aryl methyl sites for hydroxylation is 1. The van der Waals surface area contributed by atoms with Crippen molar-refractivity contribution in [3.05, 3.63) is 36.0 Å². The van der Waals surface area contributed by atoms with Crippen LogP contribution in [0.25, 0.3) is 10.9 Å². The summed E-state index contributed by atoms with van der Waals surface area (Å²) in [7, 11) is 0. The van der Waals surface area contributed by atoms with Gasteiger partial charge in [-0.2, -0.15) is 0 Å². The quantitative estimate of drug-likeness (QED) is 0.824. The Morgan fingerprint density at radius 2 is 2.04 bits per heavy atom. The average molecular weight is 314 g/mol. The van der Waals surface area contributed by atoms with E-state index in [-0.39, 0.29) is 6.09 Å². The Labute approximate surface area is 138 Å². The van der Waals surface area contributed by atoms with Gasteiger partial charge < -0.3 is 14.2 Å². The van der Waals surface area contributed by atoms with Crippen molar-refractivity contribution in [3.63, 3.8) is 0 Å². The molecule has 0 spiro atoms. The van der Waals surface area contributed by atoms with Gasteiger partial charge in [-0.15, -0.1) is 0 Å². The first-order valence-electron chi connectivity index (χ1n) is 8.44. The first-order chi connectivity index (χ1) is 10.9. The first-order valence-corrected chi connectivity index (χ1v) is 8.44. The minimum absolute atomic E-state index is 0.195. The number of para-hydroxylation sites is 1. The predicted molar refractivity (Wildman–Crippen MR) is 92.8 cm³/mol. The lowest BCUT2D eigenvalue weighted by Crippen LogP contribution is -2.35. The Balaban J connectivity index is 1.81. The number of fused-ring (bicyclic) bond motifs is 1. The van der Waals surface area contributed by atoms with E-state index in [1.807, 2.05) is 25.7 Å². The molecule has 2 heterocycles. The van der Waals surface area contributed by atoms with Gasteiger partial charge in [0.15, 0.2) is 0 Å². The fraction of sp³-hybridized carbons (Fsp3) is 0.526. The van der Waals surface area contributed by atoms with Gasteiger partial charge in [-0.1, -0.05) is 18.2 Å². The predicted octanol–water partition coefficient (Wildman–Crippen LogP) is 4.39. The second-order valence-electron chi connectivity index (χ2n) is 7.30. The third-order valence-electron chi connectivity index (χ3n) is 4.44. The lowest BCUT2D eigenvalue weighted by Gasteiger charge is -2.24. The minimum Gasteiger partial charge on any atom is -0.444 e. The highest BCUT2D eigenvalue weighted by Crippen LogP contribution is 2.34. The third-order valence-corrected chi connectivity index (χ3v) is 4.44. The highest BCUT2D eigenvalue weighted by Gasteiger charge is 2.31. The van der Waals surface area contributed by atoms with E-state index in [4.69, 9.17) is 4.74 Å². The molecule has 3 rings (SSSR count). The Bertz CT molecular complexity index is 712. The van der Waals surface area contributed by atoms with Crippen LogP contribution in [-0.2, 0) is 11.3 Å². The van der Waals surface area contributed by atoms with E-state index < -0.39 is 5.60 Å². The molecule has 1 aromatic carbocycles. The molecule has 1 aromatic heterocycles. The van der Waals surface area contributed by atoms with E-state index in [2.05, 4.69) is 42.0 Å². The zero-order valence-electron chi connectivity index (χ0n) is 14.5. The zero-order valence-corrected chi connectivity index (χ0v) is 14.5. The van der Waals surface area contributed by atoms with Crippen LogP contribution in [0, 0.1) is 0 Å². The molecule has 1 atom stereocenters. The summed E-state index contributed by atoms with van der Waals surface area (Å²) in [5.41, 5.74) is 2.20. The molecule has 4 nitrogen and oxygen atoms in total. The van der Waals surface area contributed by atoms with Gasteiger partial charge in [0.25, 0.3) is 0 Å². The molecule has 1 saturated heterocycles. The Morgan fingerprint density at radius 3 is 2.74 bits per heavy atom. The Hall–Kier alpha value is -1.97. The van der Waals surface area contributed by atoms with Gasteiger partial charge in [0.1, 0.15) is 5.60 Å². The standard InChI is InChI=1S/C19H26N2O2/c1-5-20-13-16(15-8-6-7-9-17(15)20)14-10-11-21(12-14)18(22)23-19(2,3)4/h6-9,13-14H,5,10-12H2,1-4H3. The molecule has 4 heteroatoms. The lowest BCUT2D eigenvalue weighted by atomic mass is 9.98. The number of carbonyl (C=O) groups excluding carboxylic acids is 1. The van der Waals surface area contributed by atoms with E-state index in [0.717, 1.165) is 26.1 Å². The molecular weight excluding hydrogens is 288 g/mol. The first kappa shape index (κ1) is 15.9. The number of hydrogen-bond acceptors (Lipinski definition) is 2. The molecule has 2 aromatic rings. The van der Waals surface area contributed by atoms with Crippen LogP contribution in [0.1, 0.15) is 45.6 Å². The second kappa shape index (κ2) is 5.91. The van der Waals surface area contributed by atoms with Gasteiger partial charge in [0, 0.05) is 42.7 Å². The van der Waals surface area contributed by atoms with E-state index in [1.165, 1.54) is 16.5 Å². The summed E-state index contributed by atoms with van der Waals surface area (Å²) in [5, 5.41) is 1.31. The second-order valence-corrected chi connectivity index (χ2v) is 7.30. The monoisotopic (exact) mass is 314 g/mol. The molecule has 124 valence electrons. The molecule has 1 fully saturated rings. The summed E-state index contributed by atoms with van der Waals surface area (Å²) in [4.78, 5) is 14.1. The normalized spacial score (nSPS) is 18.6. The van der Waals surface area contributed by atoms with E-state index in [0.29, 0.717) is 5.92 Å². The van der Waals surface area contributed by atoms with Gasteiger partial charge in [0.2, 0.25) is 0 Å². The average Bonchev–Trinajstić information content (AvgIpc) is 3.10. The molecule has 1 aliphatic heterocycles. The van der Waals surface area contributed by atoms with Crippen molar-refractivity contribution in [2.75, 3.05) is 13.1 Å². The van der Waals surface area contributed by atoms with Gasteiger partial charge in [-0.25, -0.2) is 4.79 Å². The van der Waals surface area contributed by atoms with Crippen LogP contribution in [-0.4, -0.2) is 34.3 Å². The molecule has 0 radical (unpaired) electrons. The van der Waals surface area contributed by atoms with Gasteiger partial charge in [-0.05, 0) is 45.7 Å². The third kappa shape index (κ3) is 3.21. The van der Waals surface area contributed by atoms with Crippen molar-refractivity contribution >= 4 is 17.0 Å². The molecule has 23 heavy (non-hydrogen) atoms. The molecule has 1 aliphatic rings. The summed E-state index contributed by atoms with van der Waals surface area (Å²) in [5.74, 6) is 0.389. The van der Waals surface area contributed by atoms with Crippen LogP contribution in [0.4, 0.5) is 4.79 Å². The van der Waals surface area contributed by atoms with Crippen LogP contribution < -0.4 is 0 Å². The zero-order chi connectivity index (χ0) is 16.6. The van der Waals surface area contributed by atoms with Crippen molar-refractivity contribution in [1.82, 2.24) is 9.47 Å². The minimum atomic E-state index is -0.437. The maximum atomic E-state index is 12.3. The molecule has 0 N–H and O–H groups in total. The van der Waals surface area contributed by atoms with Crippen LogP contribution in [0.5, 0.6) is 0 Å². The number of aromatic nitrogens is 1. The van der Waals surface area contributed by atoms with Crippen LogP contribution >= 0.6 is 0 Å². The Kier molecular flexibility index (Phi) is 4.09. The van der Waals surface area contributed by atoms with Crippen molar-refractivity contribution in [2.45, 2.75) is 52.2 Å². The number of nitrogens with zero attached hydrogens (tertiary/aromatic N) is 2. The highest BCUT2D eigenvalue weighted by atomic mass is 16.6. The van der Waals surface area contributed by atoms with Crippen LogP contribution in [0.3, 0.4) is 0 Å². The summed E-state index contributed by atoms with van der Waals surface area (Å²) in [6, 6.07) is 8.53. The SMILES string of the molecule is CCn1cc(C2CCN(C(=O)OC(C)(C)C)C2)c2ccccc21. The molecular formula is C19H26N2O2. The van der Waals surface area contributed by atoms with Crippen molar-refractivity contribution < 1.29 is 9.53 Å². The fourth-order valence-electron chi connectivity index (χ4n) is 3.37. The molecule has 0 bridgehead atoms. The fourth-order valence-corrected chi connectivity index (χ4v) is 3.37. The van der Waals surface area contributed by atoms with Crippen LogP contribution in [0.2, 0.25) is 0 Å². The van der Waals surface area contributed by atoms with E-state index in [1.54, 1.807) is 0 Å². The maximum absolute atomic E-state index is 12.3. The largest absolute Gasteiger partial charge is 0.444 e.